The second kappa shape index (κ2) is 5.80. The Labute approximate surface area is 98.3 Å². The van der Waals surface area contributed by atoms with Crippen molar-refractivity contribution in [3.05, 3.63) is 34.9 Å². The van der Waals surface area contributed by atoms with E-state index in [0.29, 0.717) is 6.54 Å². The molecule has 0 aliphatic rings. The molecule has 0 unspecified atom stereocenters. The number of Topliss-reactive ketones (excluding diaryl/α,β-unsaturated/α-hetero) is 1. The highest BCUT2D eigenvalue weighted by molar-refractivity contribution is 5.99. The Kier molecular flexibility index (Phi) is 4.69. The summed E-state index contributed by atoms with van der Waals surface area (Å²) in [5.74, 6) is 0.220. The van der Waals surface area contributed by atoms with E-state index in [1.807, 2.05) is 39.1 Å². The minimum Gasteiger partial charge on any atom is -0.299 e. The van der Waals surface area contributed by atoms with Crippen LogP contribution >= 0.6 is 0 Å². The maximum Gasteiger partial charge on any atom is 0.177 e. The van der Waals surface area contributed by atoms with Crippen LogP contribution in [-0.2, 0) is 0 Å². The van der Waals surface area contributed by atoms with E-state index in [0.717, 1.165) is 29.7 Å². The highest BCUT2D eigenvalue weighted by Gasteiger charge is 2.11. The topological polar surface area (TPSA) is 20.3 Å². The Bertz CT molecular complexity index is 371. The summed E-state index contributed by atoms with van der Waals surface area (Å²) in [5, 5.41) is 0. The van der Waals surface area contributed by atoms with Crippen LogP contribution in [0.4, 0.5) is 0 Å². The third kappa shape index (κ3) is 3.46. The predicted molar refractivity (Wildman–Crippen MR) is 68.0 cm³/mol. The van der Waals surface area contributed by atoms with Crippen LogP contribution in [0.1, 0.15) is 34.8 Å². The van der Waals surface area contributed by atoms with Crippen molar-refractivity contribution in [3.63, 3.8) is 0 Å². The monoisotopic (exact) mass is 219 g/mol. The van der Waals surface area contributed by atoms with Crippen molar-refractivity contribution in [2.75, 3.05) is 20.1 Å². The van der Waals surface area contributed by atoms with E-state index in [1.54, 1.807) is 0 Å². The molecule has 0 aliphatic heterocycles. The molecule has 1 rings (SSSR count). The second-order valence-corrected chi connectivity index (χ2v) is 4.48. The largest absolute Gasteiger partial charge is 0.299 e. The van der Waals surface area contributed by atoms with Gasteiger partial charge in [-0.1, -0.05) is 24.6 Å². The van der Waals surface area contributed by atoms with Crippen molar-refractivity contribution >= 4 is 5.78 Å². The predicted octanol–water partition coefficient (Wildman–Crippen LogP) is 2.83. The molecule has 0 saturated heterocycles. The number of ketones is 1. The molecule has 0 spiro atoms. The molecule has 0 N–H and O–H groups in total. The van der Waals surface area contributed by atoms with Gasteiger partial charge in [-0.15, -0.1) is 0 Å². The molecule has 1 aromatic carbocycles. The molecule has 2 nitrogen and oxygen atoms in total. The number of carbonyl (C=O) groups is 1. The number of aryl methyl sites for hydroxylation is 2. The molecule has 2 heteroatoms. The normalized spacial score (nSPS) is 10.8. The fraction of sp³-hybridized carbons (Fsp3) is 0.500. The Morgan fingerprint density at radius 3 is 2.62 bits per heavy atom. The first-order chi connectivity index (χ1) is 7.54. The number of hydrogen-bond acceptors (Lipinski definition) is 2. The van der Waals surface area contributed by atoms with Crippen molar-refractivity contribution < 1.29 is 4.79 Å². The van der Waals surface area contributed by atoms with Crippen LogP contribution in [0, 0.1) is 13.8 Å². The number of likely N-dealkylation sites (N-methyl/N-ethyl adjacent to an activating group) is 1. The number of benzene rings is 1. The number of nitrogens with zero attached hydrogens (tertiary/aromatic N) is 1. The van der Waals surface area contributed by atoms with Crippen LogP contribution < -0.4 is 0 Å². The van der Waals surface area contributed by atoms with Gasteiger partial charge in [0.15, 0.2) is 5.78 Å². The maximum atomic E-state index is 12.1. The van der Waals surface area contributed by atoms with Crippen molar-refractivity contribution in [1.82, 2.24) is 4.90 Å². The zero-order valence-corrected chi connectivity index (χ0v) is 10.7. The molecule has 0 aromatic heterocycles. The van der Waals surface area contributed by atoms with E-state index in [2.05, 4.69) is 11.8 Å². The van der Waals surface area contributed by atoms with E-state index in [4.69, 9.17) is 0 Å². The van der Waals surface area contributed by atoms with Crippen LogP contribution in [0.5, 0.6) is 0 Å². The van der Waals surface area contributed by atoms with Gasteiger partial charge in [0.25, 0.3) is 0 Å². The summed E-state index contributed by atoms with van der Waals surface area (Å²) >= 11 is 0. The SMILES string of the molecule is CCCN(C)CC(=O)c1cc(C)ccc1C. The van der Waals surface area contributed by atoms with Crippen molar-refractivity contribution in [2.24, 2.45) is 0 Å². The van der Waals surface area contributed by atoms with E-state index in [-0.39, 0.29) is 5.78 Å². The number of rotatable bonds is 5. The second-order valence-electron chi connectivity index (χ2n) is 4.48. The Morgan fingerprint density at radius 1 is 1.31 bits per heavy atom. The summed E-state index contributed by atoms with van der Waals surface area (Å²) in [5.41, 5.74) is 3.08. The molecule has 16 heavy (non-hydrogen) atoms. The zero-order chi connectivity index (χ0) is 12.1. The Hall–Kier alpha value is -1.15. The van der Waals surface area contributed by atoms with Crippen LogP contribution in [0.15, 0.2) is 18.2 Å². The minimum atomic E-state index is 0.220. The standard InChI is InChI=1S/C14H21NO/c1-5-8-15(4)10-14(16)13-9-11(2)6-7-12(13)3/h6-7,9H,5,8,10H2,1-4H3. The van der Waals surface area contributed by atoms with Crippen molar-refractivity contribution in [2.45, 2.75) is 27.2 Å². The van der Waals surface area contributed by atoms with Gasteiger partial charge in [-0.2, -0.15) is 0 Å². The summed E-state index contributed by atoms with van der Waals surface area (Å²) in [6, 6.07) is 6.04. The summed E-state index contributed by atoms with van der Waals surface area (Å²) in [4.78, 5) is 14.1. The summed E-state index contributed by atoms with van der Waals surface area (Å²) in [7, 11) is 1.99. The zero-order valence-electron chi connectivity index (χ0n) is 10.7. The first-order valence-corrected chi connectivity index (χ1v) is 5.83. The Morgan fingerprint density at radius 2 is 2.00 bits per heavy atom. The van der Waals surface area contributed by atoms with Gasteiger partial charge in [-0.05, 0) is 45.5 Å². The quantitative estimate of drug-likeness (QED) is 0.710. The van der Waals surface area contributed by atoms with Gasteiger partial charge >= 0.3 is 0 Å². The molecule has 0 fully saturated rings. The lowest BCUT2D eigenvalue weighted by Gasteiger charge is -2.15. The molecule has 0 bridgehead atoms. The molecular weight excluding hydrogens is 198 g/mol. The van der Waals surface area contributed by atoms with E-state index < -0.39 is 0 Å². The number of hydrogen-bond donors (Lipinski definition) is 0. The smallest absolute Gasteiger partial charge is 0.177 e. The summed E-state index contributed by atoms with van der Waals surface area (Å²) in [6.45, 7) is 7.62. The summed E-state index contributed by atoms with van der Waals surface area (Å²) in [6.07, 6.45) is 1.08. The molecule has 0 radical (unpaired) electrons. The molecule has 0 amide bonds. The highest BCUT2D eigenvalue weighted by atomic mass is 16.1. The van der Waals surface area contributed by atoms with Crippen LogP contribution in [0.3, 0.4) is 0 Å². The van der Waals surface area contributed by atoms with Gasteiger partial charge in [0.2, 0.25) is 0 Å². The lowest BCUT2D eigenvalue weighted by molar-refractivity contribution is 0.0946. The lowest BCUT2D eigenvalue weighted by atomic mass is 10.0. The molecule has 0 saturated carbocycles. The van der Waals surface area contributed by atoms with Crippen LogP contribution in [0.25, 0.3) is 0 Å². The average Bonchev–Trinajstić information content (AvgIpc) is 2.21. The molecule has 88 valence electrons. The van der Waals surface area contributed by atoms with Gasteiger partial charge in [0, 0.05) is 5.56 Å². The average molecular weight is 219 g/mol. The fourth-order valence-corrected chi connectivity index (χ4v) is 1.83. The van der Waals surface area contributed by atoms with Crippen molar-refractivity contribution in [1.29, 1.82) is 0 Å². The van der Waals surface area contributed by atoms with Crippen molar-refractivity contribution in [3.8, 4) is 0 Å². The van der Waals surface area contributed by atoms with Gasteiger partial charge in [-0.3, -0.25) is 9.69 Å². The summed E-state index contributed by atoms with van der Waals surface area (Å²) < 4.78 is 0. The fourth-order valence-electron chi connectivity index (χ4n) is 1.83. The highest BCUT2D eigenvalue weighted by Crippen LogP contribution is 2.11. The van der Waals surface area contributed by atoms with Gasteiger partial charge in [0.1, 0.15) is 0 Å². The number of carbonyl (C=O) groups excluding carboxylic acids is 1. The van der Waals surface area contributed by atoms with Gasteiger partial charge < -0.3 is 0 Å². The molecule has 0 aliphatic carbocycles. The third-order valence-corrected chi connectivity index (χ3v) is 2.71. The third-order valence-electron chi connectivity index (χ3n) is 2.71. The van der Waals surface area contributed by atoms with Crippen LogP contribution in [-0.4, -0.2) is 30.8 Å². The van der Waals surface area contributed by atoms with E-state index in [1.165, 1.54) is 0 Å². The first-order valence-electron chi connectivity index (χ1n) is 5.83. The Balaban J connectivity index is 2.76. The minimum absolute atomic E-state index is 0.220. The van der Waals surface area contributed by atoms with E-state index in [9.17, 15) is 4.79 Å². The van der Waals surface area contributed by atoms with Gasteiger partial charge in [0.05, 0.1) is 6.54 Å². The first kappa shape index (κ1) is 12.9. The lowest BCUT2D eigenvalue weighted by Crippen LogP contribution is -2.27. The molecule has 0 heterocycles. The molecular formula is C14H21NO. The maximum absolute atomic E-state index is 12.1. The van der Waals surface area contributed by atoms with E-state index >= 15 is 0 Å². The van der Waals surface area contributed by atoms with Crippen LogP contribution in [0.2, 0.25) is 0 Å². The van der Waals surface area contributed by atoms with Gasteiger partial charge in [-0.25, -0.2) is 0 Å². The molecule has 0 atom stereocenters. The molecule has 1 aromatic rings.